The Labute approximate surface area is 112 Å². The number of carbonyl (C=O) groups excluding carboxylic acids is 1. The highest BCUT2D eigenvalue weighted by atomic mass is 16.5. The number of nitrogens with zero attached hydrogens (tertiary/aromatic N) is 1. The lowest BCUT2D eigenvalue weighted by Crippen LogP contribution is -2.48. The minimum atomic E-state index is -0.557. The van der Waals surface area contributed by atoms with Gasteiger partial charge in [-0.25, -0.2) is 0 Å². The molecule has 0 amide bonds. The van der Waals surface area contributed by atoms with Gasteiger partial charge in [0.25, 0.3) is 0 Å². The van der Waals surface area contributed by atoms with Crippen molar-refractivity contribution in [1.82, 2.24) is 10.2 Å². The molecule has 1 unspecified atom stereocenters. The van der Waals surface area contributed by atoms with Crippen molar-refractivity contribution in [2.45, 2.75) is 52.0 Å². The second-order valence-electron chi connectivity index (χ2n) is 4.97. The minimum Gasteiger partial charge on any atom is -0.468 e. The molecule has 0 aromatic rings. The summed E-state index contributed by atoms with van der Waals surface area (Å²) in [7, 11) is 3.25. The Kier molecular flexibility index (Phi) is 9.02. The molecule has 0 aromatic carbocycles. The highest BCUT2D eigenvalue weighted by Crippen LogP contribution is 2.14. The SMILES string of the molecule is CCCCN(CC)CCCC(C)(NC)C(=O)OC. The van der Waals surface area contributed by atoms with Gasteiger partial charge < -0.3 is 15.0 Å². The van der Waals surface area contributed by atoms with Crippen molar-refractivity contribution >= 4 is 5.97 Å². The predicted octanol–water partition coefficient (Wildman–Crippen LogP) is 2.04. The number of nitrogens with one attached hydrogen (secondary N) is 1. The molecule has 0 heterocycles. The van der Waals surface area contributed by atoms with E-state index < -0.39 is 5.54 Å². The van der Waals surface area contributed by atoms with Crippen LogP contribution in [0.1, 0.15) is 46.5 Å². The molecule has 1 atom stereocenters. The topological polar surface area (TPSA) is 41.6 Å². The van der Waals surface area contributed by atoms with Gasteiger partial charge in [0.1, 0.15) is 5.54 Å². The van der Waals surface area contributed by atoms with Gasteiger partial charge in [-0.1, -0.05) is 20.3 Å². The van der Waals surface area contributed by atoms with Gasteiger partial charge in [-0.05, 0) is 52.9 Å². The van der Waals surface area contributed by atoms with E-state index in [1.807, 2.05) is 14.0 Å². The first-order valence-electron chi connectivity index (χ1n) is 7.03. The lowest BCUT2D eigenvalue weighted by molar-refractivity contribution is -0.148. The second kappa shape index (κ2) is 9.34. The third kappa shape index (κ3) is 5.83. The Bertz CT molecular complexity index is 234. The molecule has 0 rings (SSSR count). The number of unbranched alkanes of at least 4 members (excludes halogenated alkanes) is 1. The zero-order valence-electron chi connectivity index (χ0n) is 12.7. The number of esters is 1. The number of hydrogen-bond acceptors (Lipinski definition) is 4. The van der Waals surface area contributed by atoms with Gasteiger partial charge in [0.05, 0.1) is 7.11 Å². The van der Waals surface area contributed by atoms with E-state index in [9.17, 15) is 4.79 Å². The molecule has 18 heavy (non-hydrogen) atoms. The summed E-state index contributed by atoms with van der Waals surface area (Å²) in [4.78, 5) is 14.1. The number of likely N-dealkylation sites (N-methyl/N-ethyl adjacent to an activating group) is 1. The minimum absolute atomic E-state index is 0.179. The van der Waals surface area contributed by atoms with Gasteiger partial charge >= 0.3 is 5.97 Å². The molecule has 0 radical (unpaired) electrons. The van der Waals surface area contributed by atoms with Crippen LogP contribution in [-0.4, -0.2) is 50.2 Å². The maximum Gasteiger partial charge on any atom is 0.325 e. The van der Waals surface area contributed by atoms with Crippen molar-refractivity contribution in [2.24, 2.45) is 0 Å². The van der Waals surface area contributed by atoms with Crippen molar-refractivity contribution in [2.75, 3.05) is 33.8 Å². The van der Waals surface area contributed by atoms with Crippen LogP contribution in [0.25, 0.3) is 0 Å². The average Bonchev–Trinajstić information content (AvgIpc) is 2.41. The molecule has 0 saturated carbocycles. The quantitative estimate of drug-likeness (QED) is 0.609. The summed E-state index contributed by atoms with van der Waals surface area (Å²) in [5.41, 5.74) is -0.557. The lowest BCUT2D eigenvalue weighted by atomic mass is 9.96. The Morgan fingerprint density at radius 1 is 1.28 bits per heavy atom. The summed E-state index contributed by atoms with van der Waals surface area (Å²) in [5, 5.41) is 3.07. The summed E-state index contributed by atoms with van der Waals surface area (Å²) in [6.45, 7) is 9.58. The third-order valence-corrected chi connectivity index (χ3v) is 3.61. The third-order valence-electron chi connectivity index (χ3n) is 3.61. The van der Waals surface area contributed by atoms with E-state index >= 15 is 0 Å². The van der Waals surface area contributed by atoms with E-state index in [0.29, 0.717) is 0 Å². The van der Waals surface area contributed by atoms with Crippen LogP contribution in [0.4, 0.5) is 0 Å². The number of ether oxygens (including phenoxy) is 1. The number of carbonyl (C=O) groups is 1. The van der Waals surface area contributed by atoms with E-state index in [4.69, 9.17) is 4.74 Å². The average molecular weight is 258 g/mol. The molecular weight excluding hydrogens is 228 g/mol. The van der Waals surface area contributed by atoms with Crippen molar-refractivity contribution < 1.29 is 9.53 Å². The maximum absolute atomic E-state index is 11.7. The van der Waals surface area contributed by atoms with E-state index in [2.05, 4.69) is 24.1 Å². The predicted molar refractivity (Wildman–Crippen MR) is 75.7 cm³/mol. The Morgan fingerprint density at radius 2 is 1.89 bits per heavy atom. The summed E-state index contributed by atoms with van der Waals surface area (Å²) < 4.78 is 4.84. The van der Waals surface area contributed by atoms with E-state index in [1.165, 1.54) is 20.0 Å². The summed E-state index contributed by atoms with van der Waals surface area (Å²) in [5.74, 6) is -0.179. The maximum atomic E-state index is 11.7. The summed E-state index contributed by atoms with van der Waals surface area (Å²) in [6.07, 6.45) is 4.28. The van der Waals surface area contributed by atoms with Crippen molar-refractivity contribution in [1.29, 1.82) is 0 Å². The normalized spacial score (nSPS) is 14.6. The zero-order valence-corrected chi connectivity index (χ0v) is 12.7. The number of hydrogen-bond donors (Lipinski definition) is 1. The number of rotatable bonds is 10. The molecule has 0 aliphatic rings. The highest BCUT2D eigenvalue weighted by molar-refractivity contribution is 5.80. The van der Waals surface area contributed by atoms with Crippen LogP contribution in [0.2, 0.25) is 0 Å². The van der Waals surface area contributed by atoms with Crippen molar-refractivity contribution in [3.8, 4) is 0 Å². The van der Waals surface area contributed by atoms with E-state index in [1.54, 1.807) is 0 Å². The van der Waals surface area contributed by atoms with E-state index in [-0.39, 0.29) is 5.97 Å². The molecule has 0 aliphatic carbocycles. The monoisotopic (exact) mass is 258 g/mol. The smallest absolute Gasteiger partial charge is 0.325 e. The van der Waals surface area contributed by atoms with Crippen molar-refractivity contribution in [3.63, 3.8) is 0 Å². The fraction of sp³-hybridized carbons (Fsp3) is 0.929. The molecule has 4 nitrogen and oxygen atoms in total. The first-order valence-corrected chi connectivity index (χ1v) is 7.03. The van der Waals surface area contributed by atoms with E-state index in [0.717, 1.165) is 32.5 Å². The van der Waals surface area contributed by atoms with Gasteiger partial charge in [-0.2, -0.15) is 0 Å². The molecule has 0 aromatic heterocycles. The Hall–Kier alpha value is -0.610. The molecular formula is C14H30N2O2. The van der Waals surface area contributed by atoms with Crippen LogP contribution < -0.4 is 5.32 Å². The largest absolute Gasteiger partial charge is 0.468 e. The first kappa shape index (κ1) is 17.4. The fourth-order valence-electron chi connectivity index (χ4n) is 2.02. The molecule has 4 heteroatoms. The fourth-order valence-corrected chi connectivity index (χ4v) is 2.02. The second-order valence-corrected chi connectivity index (χ2v) is 4.97. The molecule has 0 fully saturated rings. The number of methoxy groups -OCH3 is 1. The molecule has 1 N–H and O–H groups in total. The highest BCUT2D eigenvalue weighted by Gasteiger charge is 2.31. The van der Waals surface area contributed by atoms with Crippen LogP contribution in [0.5, 0.6) is 0 Å². The van der Waals surface area contributed by atoms with Gasteiger partial charge in [-0.15, -0.1) is 0 Å². The summed E-state index contributed by atoms with van der Waals surface area (Å²) in [6, 6.07) is 0. The molecule has 0 bridgehead atoms. The van der Waals surface area contributed by atoms with Crippen LogP contribution in [0, 0.1) is 0 Å². The standard InChI is InChI=1S/C14H30N2O2/c1-6-8-11-16(7-2)12-9-10-14(3,15-4)13(17)18-5/h15H,6-12H2,1-5H3. The van der Waals surface area contributed by atoms with Crippen LogP contribution in [0.15, 0.2) is 0 Å². The first-order chi connectivity index (χ1) is 8.53. The molecule has 0 spiro atoms. The van der Waals surface area contributed by atoms with Gasteiger partial charge in [0, 0.05) is 0 Å². The lowest BCUT2D eigenvalue weighted by Gasteiger charge is -2.27. The summed E-state index contributed by atoms with van der Waals surface area (Å²) >= 11 is 0. The molecule has 0 saturated heterocycles. The van der Waals surface area contributed by atoms with Crippen LogP contribution in [-0.2, 0) is 9.53 Å². The Morgan fingerprint density at radius 3 is 2.33 bits per heavy atom. The van der Waals surface area contributed by atoms with Gasteiger partial charge in [0.15, 0.2) is 0 Å². The zero-order chi connectivity index (χ0) is 14.0. The van der Waals surface area contributed by atoms with Gasteiger partial charge in [-0.3, -0.25) is 4.79 Å². The molecule has 108 valence electrons. The molecule has 0 aliphatic heterocycles. The van der Waals surface area contributed by atoms with Crippen LogP contribution >= 0.6 is 0 Å². The van der Waals surface area contributed by atoms with Gasteiger partial charge in [0.2, 0.25) is 0 Å². The van der Waals surface area contributed by atoms with Crippen molar-refractivity contribution in [3.05, 3.63) is 0 Å². The Balaban J connectivity index is 4.09. The van der Waals surface area contributed by atoms with Crippen LogP contribution in [0.3, 0.4) is 0 Å².